The Hall–Kier alpha value is -3.36. The van der Waals surface area contributed by atoms with Crippen molar-refractivity contribution in [3.8, 4) is 11.1 Å². The Bertz CT molecular complexity index is 1760. The molecule has 0 saturated carbocycles. The molecule has 0 aliphatic heterocycles. The van der Waals surface area contributed by atoms with Gasteiger partial charge in [0.2, 0.25) is 0 Å². The van der Waals surface area contributed by atoms with Gasteiger partial charge in [0.15, 0.2) is 0 Å². The molecule has 0 aliphatic rings. The fourth-order valence-corrected chi connectivity index (χ4v) is 5.57. The van der Waals surface area contributed by atoms with Gasteiger partial charge in [0.1, 0.15) is 11.2 Å². The van der Waals surface area contributed by atoms with E-state index < -0.39 is 0 Å². The average Bonchev–Trinajstić information content (AvgIpc) is 3.17. The Balaban J connectivity index is 1.70. The third-order valence-corrected chi connectivity index (χ3v) is 6.92. The van der Waals surface area contributed by atoms with Gasteiger partial charge in [-0.25, -0.2) is 0 Å². The molecule has 0 unspecified atom stereocenters. The third kappa shape index (κ3) is 2.07. The highest BCUT2D eigenvalue weighted by molar-refractivity contribution is 9.10. The van der Waals surface area contributed by atoms with Crippen LogP contribution in [0.2, 0.25) is 0 Å². The molecule has 6 aromatic carbocycles. The van der Waals surface area contributed by atoms with Crippen LogP contribution in [0.3, 0.4) is 0 Å². The Morgan fingerprint density at radius 3 is 2.10 bits per heavy atom. The van der Waals surface area contributed by atoms with Gasteiger partial charge >= 0.3 is 0 Å². The van der Waals surface area contributed by atoms with Crippen LogP contribution in [-0.4, -0.2) is 0 Å². The topological polar surface area (TPSA) is 13.1 Å². The minimum atomic E-state index is 0.931. The maximum Gasteiger partial charge on any atom is 0.143 e. The van der Waals surface area contributed by atoms with Crippen LogP contribution >= 0.6 is 15.9 Å². The van der Waals surface area contributed by atoms with E-state index in [-0.39, 0.29) is 0 Å². The normalized spacial score (nSPS) is 12.2. The first-order valence-corrected chi connectivity index (χ1v) is 10.9. The molecule has 0 spiro atoms. The molecule has 0 saturated heterocycles. The van der Waals surface area contributed by atoms with Crippen molar-refractivity contribution in [2.75, 3.05) is 0 Å². The number of fused-ring (bicyclic) bond motifs is 3. The van der Waals surface area contributed by atoms with Crippen molar-refractivity contribution in [1.82, 2.24) is 0 Å². The number of furan rings is 1. The molecule has 30 heavy (non-hydrogen) atoms. The SMILES string of the molecule is Brc1cc2cccc3c(-c4cccc5c4oc4ccccc45)cc4cccc1c4c23. The van der Waals surface area contributed by atoms with Crippen LogP contribution < -0.4 is 0 Å². The lowest BCUT2D eigenvalue weighted by Crippen LogP contribution is -1.89. The summed E-state index contributed by atoms with van der Waals surface area (Å²) in [7, 11) is 0. The molecule has 0 bridgehead atoms. The van der Waals surface area contributed by atoms with Crippen molar-refractivity contribution >= 4 is 70.2 Å². The zero-order valence-corrected chi connectivity index (χ0v) is 17.5. The van der Waals surface area contributed by atoms with Crippen molar-refractivity contribution in [2.45, 2.75) is 0 Å². The van der Waals surface area contributed by atoms with E-state index in [9.17, 15) is 0 Å². The minimum Gasteiger partial charge on any atom is -0.455 e. The minimum absolute atomic E-state index is 0.931. The predicted octanol–water partition coefficient (Wildman–Crippen LogP) is 8.91. The lowest BCUT2D eigenvalue weighted by Gasteiger charge is -2.16. The number of para-hydroxylation sites is 2. The van der Waals surface area contributed by atoms with E-state index in [4.69, 9.17) is 4.42 Å². The van der Waals surface area contributed by atoms with Gasteiger partial charge in [-0.3, -0.25) is 0 Å². The molecular weight excluding hydrogens is 432 g/mol. The second-order valence-electron chi connectivity index (χ2n) is 7.87. The van der Waals surface area contributed by atoms with Crippen molar-refractivity contribution in [1.29, 1.82) is 0 Å². The van der Waals surface area contributed by atoms with Crippen LogP contribution in [0, 0.1) is 0 Å². The summed E-state index contributed by atoms with van der Waals surface area (Å²) in [4.78, 5) is 0. The van der Waals surface area contributed by atoms with Crippen LogP contribution in [0.1, 0.15) is 0 Å². The highest BCUT2D eigenvalue weighted by atomic mass is 79.9. The highest BCUT2D eigenvalue weighted by Crippen LogP contribution is 2.44. The summed E-state index contributed by atoms with van der Waals surface area (Å²) in [5.41, 5.74) is 4.24. The molecule has 2 heteroatoms. The Morgan fingerprint density at radius 2 is 1.20 bits per heavy atom. The summed E-state index contributed by atoms with van der Waals surface area (Å²) in [6.07, 6.45) is 0. The molecule has 0 atom stereocenters. The van der Waals surface area contributed by atoms with Crippen LogP contribution in [0.25, 0.3) is 65.4 Å². The first kappa shape index (κ1) is 16.4. The number of halogens is 1. The Kier molecular flexibility index (Phi) is 3.20. The van der Waals surface area contributed by atoms with Gasteiger partial charge in [0.05, 0.1) is 0 Å². The van der Waals surface area contributed by atoms with Crippen molar-refractivity contribution in [2.24, 2.45) is 0 Å². The van der Waals surface area contributed by atoms with Gasteiger partial charge in [-0.05, 0) is 56.1 Å². The van der Waals surface area contributed by atoms with Gasteiger partial charge in [-0.2, -0.15) is 0 Å². The summed E-state index contributed by atoms with van der Waals surface area (Å²) < 4.78 is 7.50. The van der Waals surface area contributed by atoms with E-state index in [1.54, 1.807) is 0 Å². The van der Waals surface area contributed by atoms with Crippen molar-refractivity contribution < 1.29 is 4.42 Å². The molecule has 0 aliphatic carbocycles. The molecule has 1 nitrogen and oxygen atoms in total. The molecule has 1 aromatic heterocycles. The zero-order chi connectivity index (χ0) is 19.8. The maximum absolute atomic E-state index is 6.36. The molecule has 0 radical (unpaired) electrons. The fourth-order valence-electron chi connectivity index (χ4n) is 4.99. The second kappa shape index (κ2) is 5.84. The third-order valence-electron chi connectivity index (χ3n) is 6.27. The van der Waals surface area contributed by atoms with Crippen LogP contribution in [-0.2, 0) is 0 Å². The zero-order valence-electron chi connectivity index (χ0n) is 15.9. The van der Waals surface area contributed by atoms with E-state index in [0.29, 0.717) is 0 Å². The van der Waals surface area contributed by atoms with Crippen molar-refractivity contribution in [3.05, 3.63) is 95.5 Å². The van der Waals surface area contributed by atoms with Gasteiger partial charge < -0.3 is 4.42 Å². The number of benzene rings is 6. The average molecular weight is 447 g/mol. The van der Waals surface area contributed by atoms with Crippen molar-refractivity contribution in [3.63, 3.8) is 0 Å². The van der Waals surface area contributed by atoms with Gasteiger partial charge in [-0.1, -0.05) is 88.7 Å². The van der Waals surface area contributed by atoms with Crippen LogP contribution in [0.5, 0.6) is 0 Å². The summed E-state index contributed by atoms with van der Waals surface area (Å²) in [5.74, 6) is 0. The lowest BCUT2D eigenvalue weighted by molar-refractivity contribution is 0.670. The Labute approximate surface area is 181 Å². The van der Waals surface area contributed by atoms with E-state index in [1.807, 2.05) is 12.1 Å². The standard InChI is InChI=1S/C28H15BrO/c29-24-15-17-7-3-9-19-23(14-16-6-4-12-22(24)27(16)26(17)19)21-11-5-10-20-18-8-1-2-13-25(18)30-28(20)21/h1-15H. The van der Waals surface area contributed by atoms with E-state index in [2.05, 4.69) is 94.8 Å². The van der Waals surface area contributed by atoms with Gasteiger partial charge in [-0.15, -0.1) is 0 Å². The molecule has 1 heterocycles. The van der Waals surface area contributed by atoms with Gasteiger partial charge in [0, 0.05) is 20.8 Å². The summed E-state index contributed by atoms with van der Waals surface area (Å²) in [5, 5.41) is 9.98. The molecule has 7 aromatic rings. The summed E-state index contributed by atoms with van der Waals surface area (Å²) in [6.45, 7) is 0. The Morgan fingerprint density at radius 1 is 0.533 bits per heavy atom. The molecule has 140 valence electrons. The first-order chi connectivity index (χ1) is 14.8. The van der Waals surface area contributed by atoms with E-state index in [1.165, 1.54) is 37.9 Å². The monoisotopic (exact) mass is 446 g/mol. The smallest absolute Gasteiger partial charge is 0.143 e. The van der Waals surface area contributed by atoms with Gasteiger partial charge in [0.25, 0.3) is 0 Å². The van der Waals surface area contributed by atoms with E-state index >= 15 is 0 Å². The van der Waals surface area contributed by atoms with E-state index in [0.717, 1.165) is 32.0 Å². The summed E-state index contributed by atoms with van der Waals surface area (Å²) >= 11 is 3.78. The number of rotatable bonds is 1. The van der Waals surface area contributed by atoms with Crippen LogP contribution in [0.4, 0.5) is 0 Å². The quantitative estimate of drug-likeness (QED) is 0.229. The fraction of sp³-hybridized carbons (Fsp3) is 0. The predicted molar refractivity (Wildman–Crippen MR) is 131 cm³/mol. The summed E-state index contributed by atoms with van der Waals surface area (Å²) in [6, 6.07) is 32.4. The first-order valence-electron chi connectivity index (χ1n) is 10.1. The lowest BCUT2D eigenvalue weighted by atomic mass is 9.88. The van der Waals surface area contributed by atoms with Crippen LogP contribution in [0.15, 0.2) is 99.9 Å². The maximum atomic E-state index is 6.36. The number of hydrogen-bond acceptors (Lipinski definition) is 1. The molecule has 0 N–H and O–H groups in total. The number of hydrogen-bond donors (Lipinski definition) is 0. The molecule has 0 amide bonds. The largest absolute Gasteiger partial charge is 0.455 e. The molecule has 7 rings (SSSR count). The highest BCUT2D eigenvalue weighted by Gasteiger charge is 2.18. The molecule has 0 fully saturated rings. The molecular formula is C28H15BrO. The second-order valence-corrected chi connectivity index (χ2v) is 8.72.